The predicted molar refractivity (Wildman–Crippen MR) is 103 cm³/mol. The Hall–Kier alpha value is -2.94. The summed E-state index contributed by atoms with van der Waals surface area (Å²) in [5, 5.41) is 16.2. The summed E-state index contributed by atoms with van der Waals surface area (Å²) >= 11 is 0. The van der Waals surface area contributed by atoms with E-state index >= 15 is 0 Å². The van der Waals surface area contributed by atoms with Crippen molar-refractivity contribution in [2.24, 2.45) is 5.73 Å². The minimum absolute atomic E-state index is 0.0113. The number of benzene rings is 1. The van der Waals surface area contributed by atoms with E-state index in [1.54, 1.807) is 6.33 Å². The van der Waals surface area contributed by atoms with Gasteiger partial charge in [0.05, 0.1) is 6.33 Å². The maximum atomic E-state index is 13.5. The zero-order chi connectivity index (χ0) is 19.6. The molecule has 0 bridgehead atoms. The smallest absolute Gasteiger partial charge is 0.226 e. The molecule has 1 aromatic carbocycles. The highest BCUT2D eigenvalue weighted by Gasteiger charge is 2.15. The average Bonchev–Trinajstić information content (AvgIpc) is 3.04. The van der Waals surface area contributed by atoms with Crippen LogP contribution in [0.4, 0.5) is 16.2 Å². The number of halogens is 1. The van der Waals surface area contributed by atoms with Crippen LogP contribution in [0.25, 0.3) is 11.2 Å². The van der Waals surface area contributed by atoms with Gasteiger partial charge in [-0.25, -0.2) is 9.37 Å². The standard InChI is InChI=1S/C18H24FN7O/c1-10(2)26-9-23-15-16(21-8-12-6-13(19)4-5-14(12)27)24-18(25-17(15)26)22-7-11(3)20/h4-6,9-11,27H,7-8,20H2,1-3H3,(H2,21,22,24,25). The van der Waals surface area contributed by atoms with Gasteiger partial charge in [-0.05, 0) is 39.0 Å². The molecule has 0 aliphatic rings. The fraction of sp³-hybridized carbons (Fsp3) is 0.389. The Kier molecular flexibility index (Phi) is 5.41. The maximum absolute atomic E-state index is 13.5. The molecule has 0 aliphatic carbocycles. The summed E-state index contributed by atoms with van der Waals surface area (Å²) in [7, 11) is 0. The van der Waals surface area contributed by atoms with Gasteiger partial charge < -0.3 is 26.0 Å². The molecule has 0 fully saturated rings. The molecule has 1 unspecified atom stereocenters. The zero-order valence-electron chi connectivity index (χ0n) is 15.6. The molecular weight excluding hydrogens is 349 g/mol. The van der Waals surface area contributed by atoms with E-state index in [-0.39, 0.29) is 24.4 Å². The quantitative estimate of drug-likeness (QED) is 0.503. The van der Waals surface area contributed by atoms with Gasteiger partial charge in [0.1, 0.15) is 11.6 Å². The van der Waals surface area contributed by atoms with E-state index in [2.05, 4.69) is 25.6 Å². The molecule has 0 aliphatic heterocycles. The van der Waals surface area contributed by atoms with E-state index in [0.717, 1.165) is 0 Å². The number of fused-ring (bicyclic) bond motifs is 1. The van der Waals surface area contributed by atoms with Crippen LogP contribution in [0.3, 0.4) is 0 Å². The molecule has 0 saturated heterocycles. The molecule has 1 atom stereocenters. The summed E-state index contributed by atoms with van der Waals surface area (Å²) in [6.07, 6.45) is 1.71. The summed E-state index contributed by atoms with van der Waals surface area (Å²) in [5.74, 6) is 0.515. The summed E-state index contributed by atoms with van der Waals surface area (Å²) in [6.45, 7) is 6.67. The van der Waals surface area contributed by atoms with Crippen molar-refractivity contribution in [2.75, 3.05) is 17.2 Å². The van der Waals surface area contributed by atoms with Crippen molar-refractivity contribution in [3.05, 3.63) is 35.9 Å². The number of nitrogens with zero attached hydrogens (tertiary/aromatic N) is 4. The number of phenols is 1. The summed E-state index contributed by atoms with van der Waals surface area (Å²) < 4.78 is 15.4. The Balaban J connectivity index is 1.95. The summed E-state index contributed by atoms with van der Waals surface area (Å²) in [5.41, 5.74) is 7.51. The number of anilines is 2. The Morgan fingerprint density at radius 1 is 1.22 bits per heavy atom. The largest absolute Gasteiger partial charge is 0.508 e. The van der Waals surface area contributed by atoms with Crippen LogP contribution in [-0.4, -0.2) is 37.2 Å². The van der Waals surface area contributed by atoms with Crippen molar-refractivity contribution in [2.45, 2.75) is 39.4 Å². The van der Waals surface area contributed by atoms with Crippen LogP contribution in [0.5, 0.6) is 5.75 Å². The topological polar surface area (TPSA) is 114 Å². The molecule has 0 amide bonds. The molecule has 27 heavy (non-hydrogen) atoms. The number of aromatic hydroxyl groups is 1. The van der Waals surface area contributed by atoms with Crippen molar-refractivity contribution < 1.29 is 9.50 Å². The molecule has 5 N–H and O–H groups in total. The summed E-state index contributed by atoms with van der Waals surface area (Å²) in [6, 6.07) is 3.93. The van der Waals surface area contributed by atoms with E-state index in [1.807, 2.05) is 25.3 Å². The van der Waals surface area contributed by atoms with Crippen molar-refractivity contribution >= 4 is 22.9 Å². The van der Waals surface area contributed by atoms with Gasteiger partial charge in [0.2, 0.25) is 5.95 Å². The van der Waals surface area contributed by atoms with Crippen molar-refractivity contribution in [1.82, 2.24) is 19.5 Å². The second kappa shape index (κ2) is 7.75. The molecule has 8 nitrogen and oxygen atoms in total. The normalized spacial score (nSPS) is 12.5. The van der Waals surface area contributed by atoms with Crippen molar-refractivity contribution in [3.63, 3.8) is 0 Å². The first-order valence-electron chi connectivity index (χ1n) is 8.80. The number of aromatic nitrogens is 4. The first-order valence-corrected chi connectivity index (χ1v) is 8.80. The zero-order valence-corrected chi connectivity index (χ0v) is 15.6. The minimum Gasteiger partial charge on any atom is -0.508 e. The Labute approximate surface area is 156 Å². The lowest BCUT2D eigenvalue weighted by Gasteiger charge is -2.13. The first kappa shape index (κ1) is 18.8. The molecule has 0 radical (unpaired) electrons. The van der Waals surface area contributed by atoms with Crippen LogP contribution in [0.15, 0.2) is 24.5 Å². The van der Waals surface area contributed by atoms with Gasteiger partial charge in [0, 0.05) is 30.7 Å². The predicted octanol–water partition coefficient (Wildman–Crippen LogP) is 2.62. The lowest BCUT2D eigenvalue weighted by molar-refractivity contribution is 0.466. The highest BCUT2D eigenvalue weighted by molar-refractivity contribution is 5.84. The number of rotatable bonds is 7. The Bertz CT molecular complexity index is 939. The summed E-state index contributed by atoms with van der Waals surface area (Å²) in [4.78, 5) is 13.4. The van der Waals surface area contributed by atoms with Gasteiger partial charge in [0.25, 0.3) is 0 Å². The van der Waals surface area contributed by atoms with E-state index in [0.29, 0.717) is 35.0 Å². The lowest BCUT2D eigenvalue weighted by atomic mass is 10.2. The SMILES string of the molecule is CC(N)CNc1nc(NCc2cc(F)ccc2O)c2ncn(C(C)C)c2n1. The molecule has 3 aromatic rings. The first-order chi connectivity index (χ1) is 12.8. The van der Waals surface area contributed by atoms with Gasteiger partial charge in [-0.15, -0.1) is 0 Å². The van der Waals surface area contributed by atoms with Gasteiger partial charge in [-0.3, -0.25) is 0 Å². The molecule has 144 valence electrons. The molecule has 9 heteroatoms. The van der Waals surface area contributed by atoms with Crippen LogP contribution < -0.4 is 16.4 Å². The average molecular weight is 373 g/mol. The molecule has 3 rings (SSSR count). The van der Waals surface area contributed by atoms with Crippen LogP contribution in [0.2, 0.25) is 0 Å². The third kappa shape index (κ3) is 4.25. The number of phenolic OH excluding ortho intramolecular Hbond substituents is 1. The molecular formula is C18H24FN7O. The van der Waals surface area contributed by atoms with Crippen molar-refractivity contribution in [3.8, 4) is 5.75 Å². The maximum Gasteiger partial charge on any atom is 0.226 e. The monoisotopic (exact) mass is 373 g/mol. The highest BCUT2D eigenvalue weighted by atomic mass is 19.1. The van der Waals surface area contributed by atoms with Crippen molar-refractivity contribution in [1.29, 1.82) is 0 Å². The third-order valence-electron chi connectivity index (χ3n) is 4.05. The number of imidazole rings is 1. The second-order valence-corrected chi connectivity index (χ2v) is 6.80. The van der Waals surface area contributed by atoms with Crippen LogP contribution in [0, 0.1) is 5.82 Å². The van der Waals surface area contributed by atoms with Gasteiger partial charge in [0.15, 0.2) is 17.0 Å². The number of hydrogen-bond acceptors (Lipinski definition) is 7. The van der Waals surface area contributed by atoms with Crippen LogP contribution >= 0.6 is 0 Å². The van der Waals surface area contributed by atoms with E-state index in [9.17, 15) is 9.50 Å². The fourth-order valence-electron chi connectivity index (χ4n) is 2.62. The number of nitrogens with one attached hydrogen (secondary N) is 2. The van der Waals surface area contributed by atoms with Crippen LogP contribution in [0.1, 0.15) is 32.4 Å². The lowest BCUT2D eigenvalue weighted by Crippen LogP contribution is -2.26. The minimum atomic E-state index is -0.416. The second-order valence-electron chi connectivity index (χ2n) is 6.80. The number of hydrogen-bond donors (Lipinski definition) is 4. The third-order valence-corrected chi connectivity index (χ3v) is 4.05. The van der Waals surface area contributed by atoms with Crippen LogP contribution in [-0.2, 0) is 6.54 Å². The molecule has 2 heterocycles. The van der Waals surface area contributed by atoms with E-state index in [4.69, 9.17) is 5.73 Å². The Morgan fingerprint density at radius 2 is 2.00 bits per heavy atom. The highest BCUT2D eigenvalue weighted by Crippen LogP contribution is 2.25. The fourth-order valence-corrected chi connectivity index (χ4v) is 2.62. The van der Waals surface area contributed by atoms with E-state index in [1.165, 1.54) is 18.2 Å². The molecule has 0 spiro atoms. The molecule has 2 aromatic heterocycles. The van der Waals surface area contributed by atoms with Gasteiger partial charge >= 0.3 is 0 Å². The van der Waals surface area contributed by atoms with E-state index < -0.39 is 5.82 Å². The van der Waals surface area contributed by atoms with Gasteiger partial charge in [-0.2, -0.15) is 9.97 Å². The van der Waals surface area contributed by atoms with Gasteiger partial charge in [-0.1, -0.05) is 0 Å². The molecule has 0 saturated carbocycles. The Morgan fingerprint density at radius 3 is 2.70 bits per heavy atom. The number of nitrogens with two attached hydrogens (primary N) is 1.